The fourth-order valence-electron chi connectivity index (χ4n) is 4.89. The van der Waals surface area contributed by atoms with Crippen LogP contribution in [0.1, 0.15) is 54.8 Å². The fourth-order valence-corrected chi connectivity index (χ4v) is 4.89. The number of benzene rings is 1. The average molecular weight is 408 g/mol. The lowest BCUT2D eigenvalue weighted by atomic mass is 9.82. The summed E-state index contributed by atoms with van der Waals surface area (Å²) < 4.78 is 0. The van der Waals surface area contributed by atoms with Crippen molar-refractivity contribution in [2.45, 2.75) is 59.9 Å². The number of fused-ring (bicyclic) bond motifs is 1. The van der Waals surface area contributed by atoms with E-state index < -0.39 is 5.97 Å². The minimum absolute atomic E-state index is 0.0101. The Kier molecular flexibility index (Phi) is 5.58. The Morgan fingerprint density at radius 3 is 2.60 bits per heavy atom. The van der Waals surface area contributed by atoms with Crippen molar-refractivity contribution in [1.82, 2.24) is 10.3 Å². The van der Waals surface area contributed by atoms with Gasteiger partial charge in [-0.05, 0) is 61.8 Å². The fraction of sp³-hybridized carbons (Fsp3) is 0.520. The summed E-state index contributed by atoms with van der Waals surface area (Å²) in [5, 5.41) is 13.1. The molecule has 0 atom stereocenters. The maximum Gasteiger partial charge on any atom is 0.307 e. The van der Waals surface area contributed by atoms with Crippen molar-refractivity contribution in [2.75, 3.05) is 24.5 Å². The molecule has 0 radical (unpaired) electrons. The SMILES string of the molecule is Cc1nc(C)c(-c2ccc3c(c2)CCNC3)c(N2CCC(C)(C)CC2)c1CC(=O)O. The smallest absolute Gasteiger partial charge is 0.307 e. The summed E-state index contributed by atoms with van der Waals surface area (Å²) in [5.74, 6) is -0.801. The highest BCUT2D eigenvalue weighted by atomic mass is 16.4. The zero-order valence-corrected chi connectivity index (χ0v) is 18.6. The van der Waals surface area contributed by atoms with Crippen LogP contribution in [0.15, 0.2) is 18.2 Å². The van der Waals surface area contributed by atoms with Gasteiger partial charge in [-0.3, -0.25) is 9.78 Å². The number of rotatable bonds is 4. The van der Waals surface area contributed by atoms with Gasteiger partial charge >= 0.3 is 5.97 Å². The van der Waals surface area contributed by atoms with Gasteiger partial charge in [0.1, 0.15) is 0 Å². The summed E-state index contributed by atoms with van der Waals surface area (Å²) in [6, 6.07) is 6.71. The third-order valence-electron chi connectivity index (χ3n) is 6.80. The zero-order valence-electron chi connectivity index (χ0n) is 18.6. The van der Waals surface area contributed by atoms with Crippen LogP contribution in [0.2, 0.25) is 0 Å². The topological polar surface area (TPSA) is 65.5 Å². The van der Waals surface area contributed by atoms with E-state index in [2.05, 4.69) is 49.2 Å². The number of nitrogens with zero attached hydrogens (tertiary/aromatic N) is 2. The number of aryl methyl sites for hydroxylation is 2. The summed E-state index contributed by atoms with van der Waals surface area (Å²) in [6.07, 6.45) is 3.25. The van der Waals surface area contributed by atoms with E-state index in [1.54, 1.807) is 0 Å². The van der Waals surface area contributed by atoms with Crippen LogP contribution in [0.5, 0.6) is 0 Å². The van der Waals surface area contributed by atoms with E-state index in [1.165, 1.54) is 11.1 Å². The first kappa shape index (κ1) is 20.9. The second kappa shape index (κ2) is 8.03. The van der Waals surface area contributed by atoms with Gasteiger partial charge in [-0.2, -0.15) is 0 Å². The highest BCUT2D eigenvalue weighted by Crippen LogP contribution is 2.42. The predicted molar refractivity (Wildman–Crippen MR) is 121 cm³/mol. The molecule has 0 bridgehead atoms. The minimum atomic E-state index is -0.801. The normalized spacial score (nSPS) is 18.2. The number of carbonyl (C=O) groups is 1. The predicted octanol–water partition coefficient (Wildman–Crippen LogP) is 4.26. The summed E-state index contributed by atoms with van der Waals surface area (Å²) in [4.78, 5) is 18.9. The number of aliphatic carboxylic acids is 1. The molecule has 3 heterocycles. The minimum Gasteiger partial charge on any atom is -0.481 e. The van der Waals surface area contributed by atoms with Crippen molar-refractivity contribution in [2.24, 2.45) is 5.41 Å². The van der Waals surface area contributed by atoms with E-state index in [9.17, 15) is 9.90 Å². The number of carboxylic acids is 1. The first-order valence-corrected chi connectivity index (χ1v) is 11.0. The van der Waals surface area contributed by atoms with E-state index >= 15 is 0 Å². The Morgan fingerprint density at radius 2 is 1.90 bits per heavy atom. The maximum atomic E-state index is 11.7. The summed E-state index contributed by atoms with van der Waals surface area (Å²) in [6.45, 7) is 12.5. The van der Waals surface area contributed by atoms with Crippen molar-refractivity contribution in [3.8, 4) is 11.1 Å². The summed E-state index contributed by atoms with van der Waals surface area (Å²) >= 11 is 0. The lowest BCUT2D eigenvalue weighted by molar-refractivity contribution is -0.136. The Hall–Kier alpha value is -2.40. The first-order valence-electron chi connectivity index (χ1n) is 11.0. The lowest BCUT2D eigenvalue weighted by Gasteiger charge is -2.40. The van der Waals surface area contributed by atoms with Crippen molar-refractivity contribution in [3.63, 3.8) is 0 Å². The molecule has 0 saturated carbocycles. The lowest BCUT2D eigenvalue weighted by Crippen LogP contribution is -2.38. The first-order chi connectivity index (χ1) is 14.2. The molecule has 1 aromatic heterocycles. The molecule has 2 aromatic rings. The van der Waals surface area contributed by atoms with E-state index in [0.29, 0.717) is 5.41 Å². The Labute approximate surface area is 179 Å². The molecule has 1 fully saturated rings. The number of piperidine rings is 1. The van der Waals surface area contributed by atoms with Crippen molar-refractivity contribution in [1.29, 1.82) is 0 Å². The number of carboxylic acid groups (broad SMARTS) is 1. The molecule has 2 aliphatic rings. The molecule has 1 aromatic carbocycles. The van der Waals surface area contributed by atoms with Crippen LogP contribution in [0, 0.1) is 19.3 Å². The van der Waals surface area contributed by atoms with Crippen LogP contribution in [-0.4, -0.2) is 35.7 Å². The van der Waals surface area contributed by atoms with Crippen LogP contribution in [0.4, 0.5) is 5.69 Å². The molecule has 0 amide bonds. The molecule has 2 N–H and O–H groups in total. The largest absolute Gasteiger partial charge is 0.481 e. The highest BCUT2D eigenvalue weighted by Gasteiger charge is 2.30. The molecular weight excluding hydrogens is 374 g/mol. The molecule has 1 saturated heterocycles. The molecule has 160 valence electrons. The van der Waals surface area contributed by atoms with Crippen molar-refractivity contribution >= 4 is 11.7 Å². The molecule has 5 heteroatoms. The van der Waals surface area contributed by atoms with Gasteiger partial charge < -0.3 is 15.3 Å². The van der Waals surface area contributed by atoms with Gasteiger partial charge in [-0.15, -0.1) is 0 Å². The molecule has 5 nitrogen and oxygen atoms in total. The molecular formula is C25H33N3O2. The molecule has 30 heavy (non-hydrogen) atoms. The third-order valence-corrected chi connectivity index (χ3v) is 6.80. The molecule has 4 rings (SSSR count). The maximum absolute atomic E-state index is 11.7. The van der Waals surface area contributed by atoms with Crippen LogP contribution in [0.25, 0.3) is 11.1 Å². The monoisotopic (exact) mass is 407 g/mol. The van der Waals surface area contributed by atoms with Crippen LogP contribution in [0.3, 0.4) is 0 Å². The highest BCUT2D eigenvalue weighted by molar-refractivity contribution is 5.86. The molecule has 0 aliphatic carbocycles. The van der Waals surface area contributed by atoms with Crippen molar-refractivity contribution < 1.29 is 9.90 Å². The Bertz CT molecular complexity index is 971. The van der Waals surface area contributed by atoms with Crippen molar-refractivity contribution in [3.05, 3.63) is 46.3 Å². The number of anilines is 1. The average Bonchev–Trinajstić information content (AvgIpc) is 2.69. The van der Waals surface area contributed by atoms with Crippen LogP contribution >= 0.6 is 0 Å². The number of hydrogen-bond donors (Lipinski definition) is 2. The summed E-state index contributed by atoms with van der Waals surface area (Å²) in [7, 11) is 0. The standard InChI is InChI=1S/C25H33N3O2/c1-16-21(14-22(29)30)24(28-11-8-25(3,4)9-12-28)23(17(2)27-16)19-5-6-20-15-26-10-7-18(20)13-19/h5-6,13,26H,7-12,14-15H2,1-4H3,(H,29,30). The molecule has 0 spiro atoms. The van der Waals surface area contributed by atoms with Crippen LogP contribution in [-0.2, 0) is 24.2 Å². The van der Waals surface area contributed by atoms with Gasteiger partial charge in [-0.1, -0.05) is 32.0 Å². The second-order valence-corrected chi connectivity index (χ2v) is 9.62. The number of nitrogens with one attached hydrogen (secondary N) is 1. The van der Waals surface area contributed by atoms with Crippen LogP contribution < -0.4 is 10.2 Å². The van der Waals surface area contributed by atoms with Gasteiger partial charge in [0.2, 0.25) is 0 Å². The number of pyridine rings is 1. The Morgan fingerprint density at radius 1 is 1.17 bits per heavy atom. The van der Waals surface area contributed by atoms with Gasteiger partial charge in [0.25, 0.3) is 0 Å². The summed E-state index contributed by atoms with van der Waals surface area (Å²) in [5.41, 5.74) is 9.11. The van der Waals surface area contributed by atoms with E-state index in [0.717, 1.165) is 79.2 Å². The zero-order chi connectivity index (χ0) is 21.5. The second-order valence-electron chi connectivity index (χ2n) is 9.62. The van der Waals surface area contributed by atoms with Gasteiger partial charge in [-0.25, -0.2) is 0 Å². The van der Waals surface area contributed by atoms with E-state index in [-0.39, 0.29) is 6.42 Å². The van der Waals surface area contributed by atoms with Gasteiger partial charge in [0, 0.05) is 42.1 Å². The van der Waals surface area contributed by atoms with E-state index in [4.69, 9.17) is 4.98 Å². The van der Waals surface area contributed by atoms with Gasteiger partial charge in [0.05, 0.1) is 12.1 Å². The van der Waals surface area contributed by atoms with E-state index in [1.807, 2.05) is 6.92 Å². The molecule has 2 aliphatic heterocycles. The van der Waals surface area contributed by atoms with Gasteiger partial charge in [0.15, 0.2) is 0 Å². The third kappa shape index (κ3) is 4.08. The molecule has 0 unspecified atom stereocenters. The number of hydrogen-bond acceptors (Lipinski definition) is 4. The quantitative estimate of drug-likeness (QED) is 0.793. The Balaban J connectivity index is 1.88. The number of aromatic nitrogens is 1.